The Labute approximate surface area is 292 Å². The molecule has 2 aromatic carbocycles. The van der Waals surface area contributed by atoms with Gasteiger partial charge in [-0.15, -0.1) is 0 Å². The minimum atomic E-state index is -0.236. The molecule has 258 valence electrons. The third kappa shape index (κ3) is 6.88. The first-order valence-corrected chi connectivity index (χ1v) is 17.9. The molecule has 3 saturated heterocycles. The molecule has 6 heterocycles. The highest BCUT2D eigenvalue weighted by Gasteiger charge is 2.28. The molecule has 11 heteroatoms. The van der Waals surface area contributed by atoms with Crippen LogP contribution in [0.25, 0.3) is 22.5 Å². The lowest BCUT2D eigenvalue weighted by Gasteiger charge is -2.39. The Morgan fingerprint density at radius 2 is 1.44 bits per heavy atom. The summed E-state index contributed by atoms with van der Waals surface area (Å²) in [7, 11) is 0. The van der Waals surface area contributed by atoms with Crippen molar-refractivity contribution in [3.63, 3.8) is 0 Å². The van der Waals surface area contributed by atoms with E-state index in [1.165, 1.54) is 11.4 Å². The molecule has 1 atom stereocenters. The van der Waals surface area contributed by atoms with Crippen molar-refractivity contribution in [2.75, 3.05) is 81.8 Å². The Balaban J connectivity index is 0.805. The Morgan fingerprint density at radius 1 is 0.720 bits per heavy atom. The molecule has 0 saturated carbocycles. The van der Waals surface area contributed by atoms with Crippen molar-refractivity contribution in [2.24, 2.45) is 0 Å². The average Bonchev–Trinajstić information content (AvgIpc) is 3.61. The summed E-state index contributed by atoms with van der Waals surface area (Å²) >= 11 is 0. The van der Waals surface area contributed by atoms with Crippen molar-refractivity contribution in [3.8, 4) is 22.5 Å². The van der Waals surface area contributed by atoms with E-state index in [1.807, 2.05) is 30.5 Å². The molecular weight excluding hydrogens is 628 g/mol. The van der Waals surface area contributed by atoms with Gasteiger partial charge in [-0.3, -0.25) is 34.5 Å². The van der Waals surface area contributed by atoms with E-state index >= 15 is 0 Å². The van der Waals surface area contributed by atoms with E-state index in [2.05, 4.69) is 77.7 Å². The first-order valence-electron chi connectivity index (χ1n) is 17.9. The Kier molecular flexibility index (Phi) is 9.08. The van der Waals surface area contributed by atoms with Gasteiger partial charge in [0.05, 0.1) is 17.2 Å². The molecule has 4 aliphatic rings. The number of aromatic amines is 1. The second kappa shape index (κ2) is 14.1. The third-order valence-corrected chi connectivity index (χ3v) is 10.8. The lowest BCUT2D eigenvalue weighted by atomic mass is 9.90. The summed E-state index contributed by atoms with van der Waals surface area (Å²) in [5.41, 5.74) is 9.12. The molecule has 3 amide bonds. The number of pyridine rings is 1. The minimum Gasteiger partial charge on any atom is -0.369 e. The topological polar surface area (TPSA) is 117 Å². The average molecular weight is 673 g/mol. The van der Waals surface area contributed by atoms with Crippen LogP contribution in [0.2, 0.25) is 0 Å². The van der Waals surface area contributed by atoms with Crippen molar-refractivity contribution in [2.45, 2.75) is 25.2 Å². The van der Waals surface area contributed by atoms with E-state index in [1.54, 1.807) is 0 Å². The molecule has 0 radical (unpaired) electrons. The van der Waals surface area contributed by atoms with Gasteiger partial charge in [0, 0.05) is 125 Å². The zero-order valence-corrected chi connectivity index (χ0v) is 28.4. The molecule has 0 spiro atoms. The number of carbonyl (C=O) groups excluding carboxylic acids is 3. The number of imide groups is 1. The van der Waals surface area contributed by atoms with Crippen LogP contribution in [0.1, 0.15) is 40.4 Å². The van der Waals surface area contributed by atoms with Crippen molar-refractivity contribution in [1.29, 1.82) is 0 Å². The van der Waals surface area contributed by atoms with Crippen LogP contribution in [0.5, 0.6) is 0 Å². The number of carbonyl (C=O) groups is 3. The normalized spacial score (nSPS) is 20.4. The fourth-order valence-corrected chi connectivity index (χ4v) is 7.74. The van der Waals surface area contributed by atoms with E-state index in [4.69, 9.17) is 4.98 Å². The van der Waals surface area contributed by atoms with E-state index in [0.717, 1.165) is 111 Å². The fraction of sp³-hybridized carbons (Fsp3) is 0.385. The predicted molar refractivity (Wildman–Crippen MR) is 194 cm³/mol. The van der Waals surface area contributed by atoms with Gasteiger partial charge in [0.15, 0.2) is 0 Å². The van der Waals surface area contributed by atoms with Gasteiger partial charge in [0.25, 0.3) is 5.91 Å². The number of hydrogen-bond acceptors (Lipinski definition) is 8. The summed E-state index contributed by atoms with van der Waals surface area (Å²) in [6, 6.07) is 23.1. The molecule has 0 aliphatic carbocycles. The van der Waals surface area contributed by atoms with Gasteiger partial charge in [-0.1, -0.05) is 24.3 Å². The molecular formula is C39H44N8O3. The van der Waals surface area contributed by atoms with Crippen LogP contribution in [0.4, 0.5) is 11.4 Å². The summed E-state index contributed by atoms with van der Waals surface area (Å²) in [5, 5.41) is 5.39. The number of H-pyrrole nitrogens is 1. The lowest BCUT2D eigenvalue weighted by molar-refractivity contribution is -0.134. The van der Waals surface area contributed by atoms with E-state index in [9.17, 15) is 14.4 Å². The van der Waals surface area contributed by atoms with Crippen LogP contribution < -0.4 is 20.4 Å². The number of benzene rings is 2. The third-order valence-electron chi connectivity index (χ3n) is 10.8. The largest absolute Gasteiger partial charge is 0.369 e. The molecule has 2 aromatic heterocycles. The van der Waals surface area contributed by atoms with Crippen LogP contribution in [0, 0.1) is 0 Å². The number of piperidine rings is 1. The number of anilines is 2. The Morgan fingerprint density at radius 3 is 2.14 bits per heavy atom. The van der Waals surface area contributed by atoms with E-state index in [0.29, 0.717) is 19.4 Å². The number of hydrogen-bond donors (Lipinski definition) is 3. The number of aromatic nitrogens is 2. The maximum atomic E-state index is 12.3. The van der Waals surface area contributed by atoms with Gasteiger partial charge in [-0.05, 0) is 54.4 Å². The molecule has 1 unspecified atom stereocenters. The zero-order chi connectivity index (χ0) is 34.0. The second-order valence-corrected chi connectivity index (χ2v) is 13.8. The molecule has 3 N–H and O–H groups in total. The predicted octanol–water partition coefficient (Wildman–Crippen LogP) is 3.49. The van der Waals surface area contributed by atoms with Gasteiger partial charge in [0.2, 0.25) is 11.8 Å². The quantitative estimate of drug-likeness (QED) is 0.244. The van der Waals surface area contributed by atoms with Crippen molar-refractivity contribution in [3.05, 3.63) is 89.7 Å². The van der Waals surface area contributed by atoms with Crippen LogP contribution in [0.3, 0.4) is 0 Å². The molecule has 50 heavy (non-hydrogen) atoms. The second-order valence-electron chi connectivity index (χ2n) is 13.8. The number of nitrogens with one attached hydrogen (secondary N) is 3. The number of amides is 3. The summed E-state index contributed by atoms with van der Waals surface area (Å²) in [6.45, 7) is 11.0. The summed E-state index contributed by atoms with van der Waals surface area (Å²) in [5.74, 6) is -0.602. The highest BCUT2D eigenvalue weighted by Crippen LogP contribution is 2.30. The lowest BCUT2D eigenvalue weighted by Crippen LogP contribution is -2.51. The number of rotatable bonds is 8. The molecule has 11 nitrogen and oxygen atoms in total. The fourth-order valence-electron chi connectivity index (χ4n) is 7.74. The molecule has 0 bridgehead atoms. The zero-order valence-electron chi connectivity index (χ0n) is 28.4. The minimum absolute atomic E-state index is 0.0109. The summed E-state index contributed by atoms with van der Waals surface area (Å²) in [6.07, 6.45) is 3.65. The molecule has 4 aromatic rings. The highest BCUT2D eigenvalue weighted by molar-refractivity contribution is 6.01. The first kappa shape index (κ1) is 32.2. The van der Waals surface area contributed by atoms with Crippen LogP contribution in [0.15, 0.2) is 72.9 Å². The monoisotopic (exact) mass is 672 g/mol. The molecule has 8 rings (SSSR count). The van der Waals surface area contributed by atoms with Gasteiger partial charge in [-0.25, -0.2) is 0 Å². The van der Waals surface area contributed by atoms with E-state index in [-0.39, 0.29) is 23.6 Å². The highest BCUT2D eigenvalue weighted by atomic mass is 16.2. The van der Waals surface area contributed by atoms with Crippen molar-refractivity contribution >= 4 is 29.1 Å². The Hall–Kier alpha value is -5.00. The number of piperazine rings is 2. The van der Waals surface area contributed by atoms with Gasteiger partial charge in [-0.2, -0.15) is 0 Å². The molecule has 3 fully saturated rings. The summed E-state index contributed by atoms with van der Waals surface area (Å²) < 4.78 is 0. The Bertz CT molecular complexity index is 1870. The molecule has 4 aliphatic heterocycles. The summed E-state index contributed by atoms with van der Waals surface area (Å²) in [4.78, 5) is 54.3. The van der Waals surface area contributed by atoms with Gasteiger partial charge >= 0.3 is 0 Å². The first-order chi connectivity index (χ1) is 24.5. The number of fused-ring (bicyclic) bond motifs is 1. The standard InChI is InChI=1S/C39H44N8O3/c48-37-9-8-32(39(50)43-37)27-4-6-30(7-5-27)46-20-16-44(17-21-46)14-15-45-18-22-47(23-19-45)31-3-1-2-28(24-31)35-25-29(10-12-40-35)36-26-33-34(42-36)11-13-41-38(33)49/h1-7,10,12,24-26,32,42H,8-9,11,13-23H2,(H,41,49)(H,43,48,50). The van der Waals surface area contributed by atoms with Crippen LogP contribution in [-0.4, -0.2) is 109 Å². The van der Waals surface area contributed by atoms with Crippen molar-refractivity contribution in [1.82, 2.24) is 30.4 Å². The maximum Gasteiger partial charge on any atom is 0.253 e. The van der Waals surface area contributed by atoms with Crippen LogP contribution >= 0.6 is 0 Å². The smallest absolute Gasteiger partial charge is 0.253 e. The maximum absolute atomic E-state index is 12.3. The van der Waals surface area contributed by atoms with E-state index < -0.39 is 0 Å². The van der Waals surface area contributed by atoms with Crippen molar-refractivity contribution < 1.29 is 14.4 Å². The van der Waals surface area contributed by atoms with Crippen LogP contribution in [-0.2, 0) is 16.0 Å². The van der Waals surface area contributed by atoms with Gasteiger partial charge in [0.1, 0.15) is 0 Å². The SMILES string of the molecule is O=C1CCC(c2ccc(N3CCN(CCN4CCN(c5cccc(-c6cc(-c7cc8c([nH]7)CCNC8=O)ccn6)c5)CC4)CC3)cc2)C(=O)N1. The number of nitrogens with zero attached hydrogens (tertiary/aromatic N) is 5. The van der Waals surface area contributed by atoms with Gasteiger partial charge < -0.3 is 20.1 Å².